The maximum Gasteiger partial charge on any atom is 0.305 e. The summed E-state index contributed by atoms with van der Waals surface area (Å²) in [5.74, 6) is -0.369. The van der Waals surface area contributed by atoms with Gasteiger partial charge >= 0.3 is 5.97 Å². The third kappa shape index (κ3) is 5.95. The Kier molecular flexibility index (Phi) is 7.64. The van der Waals surface area contributed by atoms with Gasteiger partial charge < -0.3 is 15.2 Å². The first-order valence-corrected chi connectivity index (χ1v) is 13.4. The summed E-state index contributed by atoms with van der Waals surface area (Å²) in [4.78, 5) is 23.5. The lowest BCUT2D eigenvalue weighted by Gasteiger charge is -2.17. The first kappa shape index (κ1) is 26.8. The lowest BCUT2D eigenvalue weighted by molar-refractivity contribution is -0.137. The second-order valence-corrected chi connectivity index (χ2v) is 10.6. The molecule has 2 unspecified atom stereocenters. The minimum absolute atomic E-state index is 0.141. The zero-order chi connectivity index (χ0) is 27.7. The molecule has 5 rings (SSSR count). The number of amides is 1. The second-order valence-electron chi connectivity index (χ2n) is 9.71. The molecule has 2 N–H and O–H groups in total. The third-order valence-electron chi connectivity index (χ3n) is 6.76. The fourth-order valence-corrected chi connectivity index (χ4v) is 5.29. The highest BCUT2D eigenvalue weighted by atomic mass is 35.5. The molecule has 7 nitrogen and oxygen atoms in total. The second kappa shape index (κ2) is 11.1. The summed E-state index contributed by atoms with van der Waals surface area (Å²) in [7, 11) is 0. The number of carbonyl (C=O) groups excluding carboxylic acids is 1. The summed E-state index contributed by atoms with van der Waals surface area (Å²) in [6.07, 6.45) is 0.718. The molecule has 0 saturated carbocycles. The minimum atomic E-state index is -0.961. The molecule has 9 heteroatoms. The van der Waals surface area contributed by atoms with E-state index < -0.39 is 12.0 Å². The Hall–Kier alpha value is -3.81. The number of nitrogens with zero attached hydrogens (tertiary/aromatic N) is 2. The number of hydrogen-bond donors (Lipinski definition) is 2. The Morgan fingerprint density at radius 3 is 2.41 bits per heavy atom. The molecule has 2 atom stereocenters. The van der Waals surface area contributed by atoms with Crippen LogP contribution in [0.5, 0.6) is 5.75 Å². The predicted molar refractivity (Wildman–Crippen MR) is 152 cm³/mol. The van der Waals surface area contributed by atoms with Gasteiger partial charge in [-0.15, -0.1) is 0 Å². The largest absolute Gasteiger partial charge is 0.493 e. The molecule has 1 aliphatic rings. The number of aliphatic carboxylic acids is 1. The molecular weight excluding hydrogens is 537 g/mol. The van der Waals surface area contributed by atoms with Crippen molar-refractivity contribution in [2.75, 3.05) is 6.61 Å². The quantitative estimate of drug-likeness (QED) is 0.250. The van der Waals surface area contributed by atoms with Crippen molar-refractivity contribution < 1.29 is 19.4 Å². The zero-order valence-corrected chi connectivity index (χ0v) is 23.0. The molecule has 0 bridgehead atoms. The Morgan fingerprint density at radius 2 is 1.72 bits per heavy atom. The summed E-state index contributed by atoms with van der Waals surface area (Å²) < 4.78 is 7.66. The van der Waals surface area contributed by atoms with E-state index in [1.54, 1.807) is 25.1 Å². The normalized spacial score (nSPS) is 13.8. The van der Waals surface area contributed by atoms with Crippen LogP contribution in [0, 0.1) is 0 Å². The summed E-state index contributed by atoms with van der Waals surface area (Å²) in [5, 5.41) is 17.7. The van der Waals surface area contributed by atoms with E-state index >= 15 is 0 Å². The van der Waals surface area contributed by atoms with Crippen molar-refractivity contribution in [3.05, 3.63) is 93.5 Å². The molecule has 0 radical (unpaired) electrons. The van der Waals surface area contributed by atoms with E-state index in [2.05, 4.69) is 11.4 Å². The average Bonchev–Trinajstić information content (AvgIpc) is 3.54. The summed E-state index contributed by atoms with van der Waals surface area (Å²) in [6, 6.07) is 20.2. The van der Waals surface area contributed by atoms with Gasteiger partial charge in [-0.2, -0.15) is 5.10 Å². The maximum atomic E-state index is 12.6. The van der Waals surface area contributed by atoms with Gasteiger partial charge in [-0.1, -0.05) is 35.3 Å². The van der Waals surface area contributed by atoms with Gasteiger partial charge in [0.15, 0.2) is 0 Å². The first-order chi connectivity index (χ1) is 18.7. The molecule has 0 saturated heterocycles. The highest BCUT2D eigenvalue weighted by Crippen LogP contribution is 2.36. The fraction of sp³-hybridized carbons (Fsp3) is 0.233. The van der Waals surface area contributed by atoms with Gasteiger partial charge in [-0.3, -0.25) is 14.3 Å². The van der Waals surface area contributed by atoms with Gasteiger partial charge in [0.05, 0.1) is 30.5 Å². The number of carboxylic acid groups (broad SMARTS) is 1. The van der Waals surface area contributed by atoms with Crippen LogP contribution < -0.4 is 10.1 Å². The number of carbonyl (C=O) groups is 2. The van der Waals surface area contributed by atoms with Crippen LogP contribution in [0.3, 0.4) is 0 Å². The third-order valence-corrected chi connectivity index (χ3v) is 7.20. The number of hydrogen-bond acceptors (Lipinski definition) is 4. The highest BCUT2D eigenvalue weighted by molar-refractivity contribution is 6.35. The van der Waals surface area contributed by atoms with Gasteiger partial charge in [0.25, 0.3) is 5.91 Å². The highest BCUT2D eigenvalue weighted by Gasteiger charge is 2.21. The monoisotopic (exact) mass is 563 g/mol. The smallest absolute Gasteiger partial charge is 0.305 e. The van der Waals surface area contributed by atoms with E-state index in [0.29, 0.717) is 22.2 Å². The van der Waals surface area contributed by atoms with Crippen LogP contribution in [0.25, 0.3) is 22.5 Å². The van der Waals surface area contributed by atoms with Crippen molar-refractivity contribution in [2.45, 2.75) is 38.8 Å². The van der Waals surface area contributed by atoms with Gasteiger partial charge in [-0.25, -0.2) is 0 Å². The number of carboxylic acids is 1. The number of ether oxygens (including phenoxy) is 1. The van der Waals surface area contributed by atoms with Crippen LogP contribution in [-0.2, 0) is 11.2 Å². The lowest BCUT2D eigenvalue weighted by Crippen LogP contribution is -2.34. The minimum Gasteiger partial charge on any atom is -0.493 e. The Bertz CT molecular complexity index is 1530. The number of nitrogens with one attached hydrogen (secondary N) is 1. The summed E-state index contributed by atoms with van der Waals surface area (Å²) in [6.45, 7) is 4.39. The number of rotatable bonds is 8. The molecule has 0 aliphatic carbocycles. The lowest BCUT2D eigenvalue weighted by atomic mass is 10.0. The molecule has 1 aliphatic heterocycles. The van der Waals surface area contributed by atoms with E-state index in [1.165, 1.54) is 0 Å². The van der Waals surface area contributed by atoms with E-state index in [9.17, 15) is 9.59 Å². The van der Waals surface area contributed by atoms with E-state index in [1.807, 2.05) is 54.1 Å². The van der Waals surface area contributed by atoms with Crippen LogP contribution in [0.15, 0.2) is 66.7 Å². The van der Waals surface area contributed by atoms with Crippen molar-refractivity contribution in [1.82, 2.24) is 15.1 Å². The first-order valence-electron chi connectivity index (χ1n) is 12.6. The molecule has 0 spiro atoms. The van der Waals surface area contributed by atoms with E-state index in [0.717, 1.165) is 45.8 Å². The Labute approximate surface area is 236 Å². The van der Waals surface area contributed by atoms with Crippen LogP contribution in [0.1, 0.15) is 47.8 Å². The van der Waals surface area contributed by atoms with Crippen LogP contribution >= 0.6 is 23.2 Å². The van der Waals surface area contributed by atoms with Crippen molar-refractivity contribution in [3.8, 4) is 28.3 Å². The number of benzene rings is 3. The Balaban J connectivity index is 1.49. The van der Waals surface area contributed by atoms with Crippen molar-refractivity contribution in [3.63, 3.8) is 0 Å². The fourth-order valence-electron chi connectivity index (χ4n) is 4.77. The van der Waals surface area contributed by atoms with Gasteiger partial charge in [-0.05, 0) is 79.6 Å². The summed E-state index contributed by atoms with van der Waals surface area (Å²) in [5.41, 5.74) is 6.06. The van der Waals surface area contributed by atoms with E-state index in [4.69, 9.17) is 38.1 Å². The number of fused-ring (bicyclic) bond motifs is 1. The molecule has 1 amide bonds. The molecule has 1 aromatic heterocycles. The molecule has 3 aromatic carbocycles. The number of aromatic nitrogens is 2. The predicted octanol–water partition coefficient (Wildman–Crippen LogP) is 6.66. The van der Waals surface area contributed by atoms with Crippen molar-refractivity contribution >= 4 is 35.1 Å². The topological polar surface area (TPSA) is 93.5 Å². The Morgan fingerprint density at radius 1 is 1.00 bits per heavy atom. The molecular formula is C30H27Cl2N3O4. The van der Waals surface area contributed by atoms with Gasteiger partial charge in [0.1, 0.15) is 5.75 Å². The summed E-state index contributed by atoms with van der Waals surface area (Å²) >= 11 is 12.6. The maximum absolute atomic E-state index is 12.6. The van der Waals surface area contributed by atoms with Gasteiger partial charge in [0.2, 0.25) is 0 Å². The zero-order valence-electron chi connectivity index (χ0n) is 21.4. The van der Waals surface area contributed by atoms with Crippen molar-refractivity contribution in [2.24, 2.45) is 0 Å². The van der Waals surface area contributed by atoms with E-state index in [-0.39, 0.29) is 18.4 Å². The van der Waals surface area contributed by atoms with Crippen molar-refractivity contribution in [1.29, 1.82) is 0 Å². The molecule has 0 fully saturated rings. The van der Waals surface area contributed by atoms with Crippen LogP contribution in [0.2, 0.25) is 10.0 Å². The molecule has 2 heterocycles. The van der Waals surface area contributed by atoms with Crippen LogP contribution in [0.4, 0.5) is 0 Å². The molecule has 4 aromatic rings. The van der Waals surface area contributed by atoms with Crippen LogP contribution in [-0.4, -0.2) is 39.4 Å². The molecule has 200 valence electrons. The molecule has 39 heavy (non-hydrogen) atoms. The SMILES string of the molecule is CC(CC(=O)O)NC(=O)c1ccc(C(C)n2nc(-c3cc(Cl)cc(Cl)c3)cc2-c2ccc3c(c2)CCO3)cc1. The number of halogens is 2. The standard InChI is InChI=1S/C30H27Cl2N3O4/c1-17(11-29(36)37)33-30(38)20-5-3-19(4-6-20)18(2)35-27(21-7-8-28-22(12-21)9-10-39-28)16-26(34-35)23-13-24(31)15-25(32)14-23/h3-8,12-18H,9-11H2,1-2H3,(H,33,38)(H,36,37). The van der Waals surface area contributed by atoms with Gasteiger partial charge in [0, 0.05) is 39.2 Å². The average molecular weight is 564 g/mol.